The van der Waals surface area contributed by atoms with Gasteiger partial charge in [-0.1, -0.05) is 134 Å². The number of hydrogen-bond acceptors (Lipinski definition) is 3. The molecule has 4 heteroatoms. The van der Waals surface area contributed by atoms with Gasteiger partial charge in [-0.3, -0.25) is 0 Å². The summed E-state index contributed by atoms with van der Waals surface area (Å²) in [6, 6.07) is 43.4. The van der Waals surface area contributed by atoms with Gasteiger partial charge in [0.25, 0.3) is 0 Å². The van der Waals surface area contributed by atoms with E-state index in [0.29, 0.717) is 4.58 Å². The highest BCUT2D eigenvalue weighted by atomic mass is 32.2. The number of aryl methyl sites for hydroxylation is 3. The average molecular weight is 588 g/mol. The van der Waals surface area contributed by atoms with Gasteiger partial charge in [-0.2, -0.15) is 11.8 Å². The molecule has 0 N–H and O–H groups in total. The van der Waals surface area contributed by atoms with Crippen molar-refractivity contribution in [2.45, 2.75) is 47.2 Å². The van der Waals surface area contributed by atoms with Crippen LogP contribution in [0, 0.1) is 0 Å². The molecule has 2 unspecified atom stereocenters. The molecule has 0 saturated carbocycles. The van der Waals surface area contributed by atoms with Crippen LogP contribution in [0.3, 0.4) is 0 Å². The van der Waals surface area contributed by atoms with Crippen molar-refractivity contribution in [1.82, 2.24) is 0 Å². The summed E-state index contributed by atoms with van der Waals surface area (Å²) in [6.45, 7) is 0. The Labute approximate surface area is 254 Å². The Kier molecular flexibility index (Phi) is 13.3. The van der Waals surface area contributed by atoms with Crippen molar-refractivity contribution in [1.29, 1.82) is 0 Å². The molecule has 0 aliphatic carbocycles. The Morgan fingerprint density at radius 2 is 1.08 bits per heavy atom. The average Bonchev–Trinajstić information content (AvgIpc) is 3.00. The molecule has 39 heavy (non-hydrogen) atoms. The third-order valence-electron chi connectivity index (χ3n) is 6.72. The summed E-state index contributed by atoms with van der Waals surface area (Å²) in [5, 5.41) is 0. The van der Waals surface area contributed by atoms with Crippen LogP contribution in [0.5, 0.6) is 0 Å². The number of thioether (sulfide) groups is 3. The summed E-state index contributed by atoms with van der Waals surface area (Å²) < 4.78 is 0.135. The van der Waals surface area contributed by atoms with Crippen molar-refractivity contribution >= 4 is 47.9 Å². The van der Waals surface area contributed by atoms with E-state index < -0.39 is 0 Å². The molecule has 0 heterocycles. The highest BCUT2D eigenvalue weighted by Crippen LogP contribution is 2.49. The molecule has 4 aromatic carbocycles. The molecule has 0 aliphatic heterocycles. The van der Waals surface area contributed by atoms with Gasteiger partial charge in [-0.25, -0.2) is 0 Å². The zero-order valence-electron chi connectivity index (χ0n) is 22.6. The van der Waals surface area contributed by atoms with Crippen LogP contribution >= 0.6 is 47.9 Å². The lowest BCUT2D eigenvalue weighted by Gasteiger charge is -2.32. The van der Waals surface area contributed by atoms with Gasteiger partial charge in [0, 0.05) is 5.75 Å². The van der Waals surface area contributed by atoms with E-state index in [1.165, 1.54) is 40.8 Å². The van der Waals surface area contributed by atoms with Crippen LogP contribution in [0.4, 0.5) is 0 Å². The van der Waals surface area contributed by atoms with E-state index in [9.17, 15) is 0 Å². The Morgan fingerprint density at radius 3 is 1.67 bits per heavy atom. The van der Waals surface area contributed by atoms with Crippen LogP contribution in [-0.2, 0) is 23.3 Å². The first-order chi connectivity index (χ1) is 19.2. The van der Waals surface area contributed by atoms with Crippen LogP contribution in [0.1, 0.15) is 41.5 Å². The van der Waals surface area contributed by atoms with Gasteiger partial charge < -0.3 is 0 Å². The lowest BCUT2D eigenvalue weighted by Crippen LogP contribution is -2.22. The molecule has 0 aromatic heterocycles. The fourth-order valence-corrected chi connectivity index (χ4v) is 9.83. The summed E-state index contributed by atoms with van der Waals surface area (Å²) >= 11 is 12.6. The van der Waals surface area contributed by atoms with Crippen LogP contribution in [-0.4, -0.2) is 21.8 Å². The minimum atomic E-state index is -0.332. The largest absolute Gasteiger partial charge is 0.159 e. The monoisotopic (exact) mass is 587 g/mol. The topological polar surface area (TPSA) is 0 Å². The summed E-state index contributed by atoms with van der Waals surface area (Å²) in [6.07, 6.45) is 6.96. The predicted octanol–water partition coefficient (Wildman–Crippen LogP) is 10.5. The maximum absolute atomic E-state index is 6.50. The molecule has 0 amide bonds. The maximum atomic E-state index is 6.50. The van der Waals surface area contributed by atoms with Gasteiger partial charge in [0.05, 0.1) is 4.58 Å². The molecule has 0 spiro atoms. The molecular weight excluding hydrogens is 549 g/mol. The minimum absolute atomic E-state index is 0.332. The quantitative estimate of drug-likeness (QED) is 0.0891. The van der Waals surface area contributed by atoms with Gasteiger partial charge in [-0.05, 0) is 72.3 Å². The Morgan fingerprint density at radius 1 is 0.564 bits per heavy atom. The number of hydrogen-bond donors (Lipinski definition) is 0. The molecular formula is C35H39S4. The van der Waals surface area contributed by atoms with E-state index in [4.69, 9.17) is 12.6 Å². The molecule has 203 valence electrons. The van der Waals surface area contributed by atoms with Crippen LogP contribution in [0.25, 0.3) is 0 Å². The van der Waals surface area contributed by atoms with Gasteiger partial charge in [-0.15, -0.1) is 23.5 Å². The SMILES string of the molecule is [S]C(CSCCc1ccccc1)(SC(CCc1ccccc1)SCCCCc1ccccc1)c1ccccc1. The smallest absolute Gasteiger partial charge is 0.106 e. The van der Waals surface area contributed by atoms with Crippen molar-refractivity contribution in [2.75, 3.05) is 17.3 Å². The molecule has 0 fully saturated rings. The first-order valence-corrected chi connectivity index (χ1v) is 17.5. The fourth-order valence-electron chi connectivity index (χ4n) is 4.53. The van der Waals surface area contributed by atoms with E-state index in [2.05, 4.69) is 133 Å². The minimum Gasteiger partial charge on any atom is -0.159 e. The van der Waals surface area contributed by atoms with Crippen LogP contribution < -0.4 is 0 Å². The summed E-state index contributed by atoms with van der Waals surface area (Å²) in [7, 11) is 0. The van der Waals surface area contributed by atoms with Crippen molar-refractivity contribution in [2.24, 2.45) is 0 Å². The van der Waals surface area contributed by atoms with E-state index in [0.717, 1.165) is 37.2 Å². The van der Waals surface area contributed by atoms with Crippen molar-refractivity contribution in [3.63, 3.8) is 0 Å². The van der Waals surface area contributed by atoms with E-state index in [1.54, 1.807) is 0 Å². The van der Waals surface area contributed by atoms with Crippen molar-refractivity contribution in [3.05, 3.63) is 144 Å². The van der Waals surface area contributed by atoms with Gasteiger partial charge in [0.2, 0.25) is 0 Å². The normalized spacial score (nSPS) is 13.6. The summed E-state index contributed by atoms with van der Waals surface area (Å²) in [5.41, 5.74) is 5.53. The van der Waals surface area contributed by atoms with Gasteiger partial charge in [0.15, 0.2) is 0 Å². The highest BCUT2D eigenvalue weighted by Gasteiger charge is 2.33. The van der Waals surface area contributed by atoms with E-state index >= 15 is 0 Å². The lowest BCUT2D eigenvalue weighted by atomic mass is 10.1. The molecule has 1 radical (unpaired) electrons. The Bertz CT molecular complexity index is 1170. The first-order valence-electron chi connectivity index (χ1n) is 14.0. The molecule has 0 nitrogen and oxygen atoms in total. The number of benzene rings is 4. The Balaban J connectivity index is 1.37. The zero-order chi connectivity index (χ0) is 27.0. The van der Waals surface area contributed by atoms with Crippen molar-refractivity contribution < 1.29 is 0 Å². The second-order valence-electron chi connectivity index (χ2n) is 9.79. The van der Waals surface area contributed by atoms with Crippen LogP contribution in [0.15, 0.2) is 121 Å². The molecule has 0 aliphatic rings. The third-order valence-corrected chi connectivity index (χ3v) is 12.0. The van der Waals surface area contributed by atoms with E-state index in [1.807, 2.05) is 23.5 Å². The predicted molar refractivity (Wildman–Crippen MR) is 181 cm³/mol. The zero-order valence-corrected chi connectivity index (χ0v) is 25.9. The van der Waals surface area contributed by atoms with Crippen LogP contribution in [0.2, 0.25) is 0 Å². The van der Waals surface area contributed by atoms with Gasteiger partial charge >= 0.3 is 0 Å². The highest BCUT2D eigenvalue weighted by molar-refractivity contribution is 8.22. The maximum Gasteiger partial charge on any atom is 0.106 e. The number of rotatable bonds is 17. The van der Waals surface area contributed by atoms with Crippen molar-refractivity contribution in [3.8, 4) is 0 Å². The molecule has 0 bridgehead atoms. The first kappa shape index (κ1) is 30.2. The third kappa shape index (κ3) is 11.0. The molecule has 4 rings (SSSR count). The van der Waals surface area contributed by atoms with E-state index in [-0.39, 0.29) is 4.08 Å². The standard InChI is InChI=1S/C35H39S4/c36-35(33-22-11-4-12-23-33,29-37-28-26-32-19-9-3-10-20-32)39-34(25-24-31-17-7-2-8-18-31)38-27-14-13-21-30-15-5-1-6-16-30/h1-12,15-20,22-23,34H,13-14,21,24-29H2. The van der Waals surface area contributed by atoms with Gasteiger partial charge in [0.1, 0.15) is 4.08 Å². The second kappa shape index (κ2) is 17.2. The molecule has 4 aromatic rings. The fraction of sp³-hybridized carbons (Fsp3) is 0.314. The second-order valence-corrected chi connectivity index (χ2v) is 15.0. The number of unbranched alkanes of at least 4 members (excludes halogenated alkanes) is 1. The molecule has 0 saturated heterocycles. The summed E-state index contributed by atoms with van der Waals surface area (Å²) in [4.78, 5) is 0. The lowest BCUT2D eigenvalue weighted by molar-refractivity contribution is 0.800. The summed E-state index contributed by atoms with van der Waals surface area (Å²) in [5.74, 6) is 3.22. The Hall–Kier alpha value is -1.72. The molecule has 2 atom stereocenters.